The zero-order valence-corrected chi connectivity index (χ0v) is 15.5. The minimum absolute atomic E-state index is 0.200. The van der Waals surface area contributed by atoms with E-state index in [1.165, 1.54) is 4.31 Å². The summed E-state index contributed by atoms with van der Waals surface area (Å²) in [5, 5.41) is 0. The van der Waals surface area contributed by atoms with E-state index in [0.29, 0.717) is 24.7 Å². The second-order valence-corrected chi connectivity index (χ2v) is 8.27. The van der Waals surface area contributed by atoms with E-state index in [1.54, 1.807) is 32.4 Å². The van der Waals surface area contributed by atoms with Crippen LogP contribution >= 0.6 is 0 Å². The molecule has 0 radical (unpaired) electrons. The van der Waals surface area contributed by atoms with Gasteiger partial charge in [0, 0.05) is 19.7 Å². The number of benzene rings is 1. The van der Waals surface area contributed by atoms with E-state index in [0.717, 1.165) is 25.7 Å². The molecule has 2 rings (SSSR count). The molecule has 0 N–H and O–H groups in total. The lowest BCUT2D eigenvalue weighted by molar-refractivity contribution is 0.295. The largest absolute Gasteiger partial charge is 0.497 e. The number of methoxy groups -OCH3 is 1. The Hall–Kier alpha value is -1.53. The maximum atomic E-state index is 12.9. The summed E-state index contributed by atoms with van der Waals surface area (Å²) in [6.45, 7) is 3.02. The Balaban J connectivity index is 2.37. The molecule has 0 aliphatic carbocycles. The Morgan fingerprint density at radius 3 is 2.79 bits per heavy atom. The predicted molar refractivity (Wildman–Crippen MR) is 95.1 cm³/mol. The molecule has 0 amide bonds. The smallest absolute Gasteiger partial charge is 0.246 e. The van der Waals surface area contributed by atoms with Crippen LogP contribution < -0.4 is 9.47 Å². The average molecular weight is 353 g/mol. The Morgan fingerprint density at radius 2 is 2.04 bits per heavy atom. The Bertz CT molecular complexity index is 670. The van der Waals surface area contributed by atoms with Gasteiger partial charge in [0.25, 0.3) is 0 Å². The maximum absolute atomic E-state index is 12.9. The standard InChI is InChI=1S/C18H27NO4S/c1-15-9-7-5-4-6-8-12-23-17-13-16(22-3)10-11-18(17)24(20,21)19(2)14-15/h5,7,10-11,13,15H,4,6,8-9,12,14H2,1-3H3/b7-5-/t15-/m1/s1. The van der Waals surface area contributed by atoms with Crippen LogP contribution in [0.3, 0.4) is 0 Å². The molecule has 0 bridgehead atoms. The van der Waals surface area contributed by atoms with Crippen LogP contribution in [0, 0.1) is 5.92 Å². The van der Waals surface area contributed by atoms with Gasteiger partial charge in [0.05, 0.1) is 13.7 Å². The summed E-state index contributed by atoms with van der Waals surface area (Å²) in [5.41, 5.74) is 0. The van der Waals surface area contributed by atoms with Crippen LogP contribution in [0.2, 0.25) is 0 Å². The van der Waals surface area contributed by atoms with Gasteiger partial charge in [-0.2, -0.15) is 0 Å². The van der Waals surface area contributed by atoms with Crippen LogP contribution in [0.1, 0.15) is 32.6 Å². The van der Waals surface area contributed by atoms with Gasteiger partial charge in [0.1, 0.15) is 16.4 Å². The van der Waals surface area contributed by atoms with Crippen molar-refractivity contribution in [1.82, 2.24) is 4.31 Å². The fourth-order valence-corrected chi connectivity index (χ4v) is 4.11. The van der Waals surface area contributed by atoms with Crippen LogP contribution in [0.15, 0.2) is 35.2 Å². The number of nitrogens with zero attached hydrogens (tertiary/aromatic N) is 1. The van der Waals surface area contributed by atoms with Gasteiger partial charge < -0.3 is 9.47 Å². The van der Waals surface area contributed by atoms with Crippen LogP contribution in [-0.4, -0.2) is 40.0 Å². The number of ether oxygens (including phenoxy) is 2. The van der Waals surface area contributed by atoms with Gasteiger partial charge in [-0.3, -0.25) is 0 Å². The lowest BCUT2D eigenvalue weighted by Gasteiger charge is -2.22. The summed E-state index contributed by atoms with van der Waals surface area (Å²) < 4.78 is 38.2. The van der Waals surface area contributed by atoms with E-state index in [2.05, 4.69) is 19.1 Å². The molecule has 1 aliphatic heterocycles. The lowest BCUT2D eigenvalue weighted by Crippen LogP contribution is -2.31. The number of hydrogen-bond donors (Lipinski definition) is 0. The average Bonchev–Trinajstić information content (AvgIpc) is 2.56. The minimum atomic E-state index is -3.60. The lowest BCUT2D eigenvalue weighted by atomic mass is 10.1. The first-order valence-electron chi connectivity index (χ1n) is 8.37. The molecule has 0 saturated heterocycles. The van der Waals surface area contributed by atoms with Gasteiger partial charge in [0.15, 0.2) is 0 Å². The fraction of sp³-hybridized carbons (Fsp3) is 0.556. The van der Waals surface area contributed by atoms with Crippen molar-refractivity contribution in [2.75, 3.05) is 27.3 Å². The van der Waals surface area contributed by atoms with E-state index in [1.807, 2.05) is 0 Å². The molecule has 1 atom stereocenters. The first-order chi connectivity index (χ1) is 11.4. The summed E-state index contributed by atoms with van der Waals surface area (Å²) >= 11 is 0. The summed E-state index contributed by atoms with van der Waals surface area (Å²) in [6.07, 6.45) is 8.13. The van der Waals surface area contributed by atoms with E-state index >= 15 is 0 Å². The first kappa shape index (κ1) is 18.8. The zero-order valence-electron chi connectivity index (χ0n) is 14.7. The zero-order chi connectivity index (χ0) is 17.6. The number of rotatable bonds is 1. The van der Waals surface area contributed by atoms with Gasteiger partial charge in [-0.05, 0) is 43.7 Å². The van der Waals surface area contributed by atoms with Crippen molar-refractivity contribution in [2.45, 2.75) is 37.5 Å². The van der Waals surface area contributed by atoms with Crippen molar-refractivity contribution in [3.63, 3.8) is 0 Å². The number of fused-ring (bicyclic) bond motifs is 1. The topological polar surface area (TPSA) is 55.8 Å². The third-order valence-corrected chi connectivity index (χ3v) is 6.00. The summed E-state index contributed by atoms with van der Waals surface area (Å²) in [4.78, 5) is 0.200. The van der Waals surface area contributed by atoms with Crippen molar-refractivity contribution < 1.29 is 17.9 Å². The highest BCUT2D eigenvalue weighted by Crippen LogP contribution is 2.31. The minimum Gasteiger partial charge on any atom is -0.497 e. The summed E-state index contributed by atoms with van der Waals surface area (Å²) in [6, 6.07) is 4.87. The Kier molecular flexibility index (Phi) is 6.69. The molecule has 134 valence electrons. The third-order valence-electron chi connectivity index (χ3n) is 4.14. The monoisotopic (exact) mass is 353 g/mol. The first-order valence-corrected chi connectivity index (χ1v) is 9.81. The molecule has 5 nitrogen and oxygen atoms in total. The predicted octanol–water partition coefficient (Wildman–Crippen LogP) is 3.46. The van der Waals surface area contributed by atoms with E-state index < -0.39 is 10.0 Å². The van der Waals surface area contributed by atoms with Crippen molar-refractivity contribution in [3.8, 4) is 11.5 Å². The summed E-state index contributed by atoms with van der Waals surface area (Å²) in [5.74, 6) is 1.21. The molecule has 0 unspecified atom stereocenters. The highest BCUT2D eigenvalue weighted by atomic mass is 32.2. The van der Waals surface area contributed by atoms with Gasteiger partial charge in [0.2, 0.25) is 10.0 Å². The molecule has 1 aromatic rings. The van der Waals surface area contributed by atoms with Crippen molar-refractivity contribution in [2.24, 2.45) is 5.92 Å². The highest BCUT2D eigenvalue weighted by molar-refractivity contribution is 7.89. The quantitative estimate of drug-likeness (QED) is 0.726. The molecule has 24 heavy (non-hydrogen) atoms. The van der Waals surface area contributed by atoms with Gasteiger partial charge in [-0.1, -0.05) is 19.1 Å². The normalized spacial score (nSPS) is 24.2. The van der Waals surface area contributed by atoms with Gasteiger partial charge >= 0.3 is 0 Å². The van der Waals surface area contributed by atoms with Crippen LogP contribution in [-0.2, 0) is 10.0 Å². The molecule has 0 fully saturated rings. The number of hydrogen-bond acceptors (Lipinski definition) is 4. The van der Waals surface area contributed by atoms with Gasteiger partial charge in [-0.25, -0.2) is 12.7 Å². The molecular weight excluding hydrogens is 326 g/mol. The molecule has 1 aromatic carbocycles. The van der Waals surface area contributed by atoms with Crippen molar-refractivity contribution >= 4 is 10.0 Å². The second kappa shape index (κ2) is 8.53. The van der Waals surface area contributed by atoms with Gasteiger partial charge in [-0.15, -0.1) is 0 Å². The maximum Gasteiger partial charge on any atom is 0.246 e. The molecule has 0 saturated carbocycles. The van der Waals surface area contributed by atoms with Crippen molar-refractivity contribution in [3.05, 3.63) is 30.4 Å². The third kappa shape index (κ3) is 4.74. The fourth-order valence-electron chi connectivity index (χ4n) is 2.71. The Labute approximate surface area is 145 Å². The second-order valence-electron chi connectivity index (χ2n) is 6.25. The Morgan fingerprint density at radius 1 is 1.25 bits per heavy atom. The van der Waals surface area contributed by atoms with Crippen LogP contribution in [0.4, 0.5) is 0 Å². The van der Waals surface area contributed by atoms with E-state index in [4.69, 9.17) is 9.47 Å². The molecular formula is C18H27NO4S. The molecule has 1 aliphatic rings. The van der Waals surface area contributed by atoms with E-state index in [-0.39, 0.29) is 10.8 Å². The number of sulfonamides is 1. The van der Waals surface area contributed by atoms with Crippen LogP contribution in [0.25, 0.3) is 0 Å². The molecule has 1 heterocycles. The van der Waals surface area contributed by atoms with Crippen LogP contribution in [0.5, 0.6) is 11.5 Å². The SMILES string of the molecule is COc1ccc2c(c1)OCCCC/C=C\C[C@@H](C)CN(C)S2(=O)=O. The summed E-state index contributed by atoms with van der Waals surface area (Å²) in [7, 11) is -0.423. The molecule has 6 heteroatoms. The van der Waals surface area contributed by atoms with Crippen molar-refractivity contribution in [1.29, 1.82) is 0 Å². The highest BCUT2D eigenvalue weighted by Gasteiger charge is 2.26. The molecule has 0 aromatic heterocycles. The molecule has 0 spiro atoms. The number of allylic oxidation sites excluding steroid dienone is 2. The van der Waals surface area contributed by atoms with E-state index in [9.17, 15) is 8.42 Å².